The van der Waals surface area contributed by atoms with E-state index in [1.54, 1.807) is 24.1 Å². The first-order valence-electron chi connectivity index (χ1n) is 8.34. The maximum absolute atomic E-state index is 12.6. The predicted octanol–water partition coefficient (Wildman–Crippen LogP) is 2.56. The van der Waals surface area contributed by atoms with Gasteiger partial charge in [0.05, 0.1) is 24.2 Å². The summed E-state index contributed by atoms with van der Waals surface area (Å²) in [6.45, 7) is 0.300. The zero-order valence-electron chi connectivity index (χ0n) is 14.2. The van der Waals surface area contributed by atoms with E-state index in [0.717, 1.165) is 10.9 Å². The highest BCUT2D eigenvalue weighted by molar-refractivity contribution is 6.07. The summed E-state index contributed by atoms with van der Waals surface area (Å²) in [7, 11) is 1.55. The second kappa shape index (κ2) is 6.51. The Morgan fingerprint density at radius 1 is 1.23 bits per heavy atom. The summed E-state index contributed by atoms with van der Waals surface area (Å²) in [4.78, 5) is 26.7. The number of carbonyl (C=O) groups excluding carboxylic acids is 2. The Bertz CT molecular complexity index is 982. The Balaban J connectivity index is 1.53. The Morgan fingerprint density at radius 2 is 2.00 bits per heavy atom. The number of anilines is 2. The third-order valence-corrected chi connectivity index (χ3v) is 4.57. The molecule has 7 heteroatoms. The molecular weight excluding hydrogens is 332 g/mol. The van der Waals surface area contributed by atoms with Gasteiger partial charge in [-0.1, -0.05) is 24.3 Å². The molecular formula is C19H18N4O3. The molecule has 1 fully saturated rings. The number of para-hydroxylation sites is 3. The van der Waals surface area contributed by atoms with Crippen LogP contribution >= 0.6 is 0 Å². The summed E-state index contributed by atoms with van der Waals surface area (Å²) < 4.78 is 5.25. The molecule has 26 heavy (non-hydrogen) atoms. The minimum absolute atomic E-state index is 0.109. The molecule has 1 aromatic heterocycles. The number of aromatic nitrogens is 2. The first kappa shape index (κ1) is 16.1. The molecule has 0 radical (unpaired) electrons. The average Bonchev–Trinajstić information content (AvgIpc) is 3.25. The maximum Gasteiger partial charge on any atom is 0.229 e. The van der Waals surface area contributed by atoms with Crippen LogP contribution in [0.4, 0.5) is 11.5 Å². The van der Waals surface area contributed by atoms with Crippen molar-refractivity contribution in [2.24, 2.45) is 5.92 Å². The second-order valence-corrected chi connectivity index (χ2v) is 6.19. The van der Waals surface area contributed by atoms with Crippen LogP contribution in [0.15, 0.2) is 48.5 Å². The molecule has 2 amide bonds. The minimum Gasteiger partial charge on any atom is -0.495 e. The number of carbonyl (C=O) groups is 2. The lowest BCUT2D eigenvalue weighted by molar-refractivity contribution is -0.122. The number of amides is 2. The molecule has 1 aliphatic heterocycles. The molecule has 0 unspecified atom stereocenters. The number of ether oxygens (including phenoxy) is 1. The van der Waals surface area contributed by atoms with Crippen LogP contribution in [-0.4, -0.2) is 35.7 Å². The van der Waals surface area contributed by atoms with Crippen LogP contribution in [-0.2, 0) is 9.59 Å². The molecule has 0 spiro atoms. The van der Waals surface area contributed by atoms with Crippen molar-refractivity contribution in [3.05, 3.63) is 48.5 Å². The Labute approximate surface area is 149 Å². The SMILES string of the molecule is COc1ccccc1NC(=O)[C@@H]1CC(=O)N(c2n[nH]c3ccccc23)C1. The molecule has 1 saturated heterocycles. The third kappa shape index (κ3) is 2.77. The fraction of sp³-hybridized carbons (Fsp3) is 0.211. The van der Waals surface area contributed by atoms with Gasteiger partial charge in [-0.25, -0.2) is 0 Å². The van der Waals surface area contributed by atoms with Gasteiger partial charge >= 0.3 is 0 Å². The molecule has 2 aromatic carbocycles. The van der Waals surface area contributed by atoms with Crippen molar-refractivity contribution in [1.29, 1.82) is 0 Å². The highest BCUT2D eigenvalue weighted by atomic mass is 16.5. The van der Waals surface area contributed by atoms with Crippen molar-refractivity contribution in [2.45, 2.75) is 6.42 Å². The summed E-state index contributed by atoms with van der Waals surface area (Å²) in [5.41, 5.74) is 1.45. The Kier molecular flexibility index (Phi) is 4.04. The topological polar surface area (TPSA) is 87.3 Å². The van der Waals surface area contributed by atoms with Gasteiger partial charge in [0.2, 0.25) is 11.8 Å². The van der Waals surface area contributed by atoms with Crippen molar-refractivity contribution in [2.75, 3.05) is 23.9 Å². The number of benzene rings is 2. The summed E-state index contributed by atoms with van der Waals surface area (Å²) in [5, 5.41) is 10.9. The average molecular weight is 350 g/mol. The Morgan fingerprint density at radius 3 is 2.85 bits per heavy atom. The number of hydrogen-bond acceptors (Lipinski definition) is 4. The van der Waals surface area contributed by atoms with E-state index in [0.29, 0.717) is 23.8 Å². The van der Waals surface area contributed by atoms with Crippen molar-refractivity contribution in [3.63, 3.8) is 0 Å². The van der Waals surface area contributed by atoms with Crippen LogP contribution in [0.2, 0.25) is 0 Å². The first-order chi connectivity index (χ1) is 12.7. The lowest BCUT2D eigenvalue weighted by Gasteiger charge is -2.15. The predicted molar refractivity (Wildman–Crippen MR) is 98.2 cm³/mol. The number of fused-ring (bicyclic) bond motifs is 1. The minimum atomic E-state index is -0.442. The van der Waals surface area contributed by atoms with Crippen LogP contribution < -0.4 is 15.0 Å². The summed E-state index contributed by atoms with van der Waals surface area (Å²) >= 11 is 0. The van der Waals surface area contributed by atoms with E-state index in [2.05, 4.69) is 15.5 Å². The van der Waals surface area contributed by atoms with E-state index in [4.69, 9.17) is 4.74 Å². The van der Waals surface area contributed by atoms with E-state index in [9.17, 15) is 9.59 Å². The van der Waals surface area contributed by atoms with Gasteiger partial charge in [0.1, 0.15) is 5.75 Å². The van der Waals surface area contributed by atoms with Gasteiger partial charge in [-0.3, -0.25) is 19.6 Å². The van der Waals surface area contributed by atoms with Gasteiger partial charge in [0, 0.05) is 18.4 Å². The normalized spacial score (nSPS) is 16.9. The highest BCUT2D eigenvalue weighted by Gasteiger charge is 2.37. The molecule has 1 atom stereocenters. The largest absolute Gasteiger partial charge is 0.495 e. The molecule has 0 bridgehead atoms. The number of nitrogens with zero attached hydrogens (tertiary/aromatic N) is 2. The van der Waals surface area contributed by atoms with Crippen LogP contribution in [0.5, 0.6) is 5.75 Å². The number of rotatable bonds is 4. The van der Waals surface area contributed by atoms with Gasteiger partial charge in [-0.15, -0.1) is 0 Å². The quantitative estimate of drug-likeness (QED) is 0.757. The summed E-state index contributed by atoms with van der Waals surface area (Å²) in [6, 6.07) is 14.8. The van der Waals surface area contributed by atoms with Crippen molar-refractivity contribution in [1.82, 2.24) is 10.2 Å². The molecule has 2 heterocycles. The summed E-state index contributed by atoms with van der Waals surface area (Å²) in [5.74, 6) is 0.397. The fourth-order valence-electron chi connectivity index (χ4n) is 3.23. The maximum atomic E-state index is 12.6. The van der Waals surface area contributed by atoms with Gasteiger partial charge in [0.25, 0.3) is 0 Å². The lowest BCUT2D eigenvalue weighted by atomic mass is 10.1. The molecule has 132 valence electrons. The van der Waals surface area contributed by atoms with Crippen molar-refractivity contribution in [3.8, 4) is 5.75 Å². The highest BCUT2D eigenvalue weighted by Crippen LogP contribution is 2.31. The van der Waals surface area contributed by atoms with E-state index < -0.39 is 5.92 Å². The van der Waals surface area contributed by atoms with Crippen LogP contribution in [0.25, 0.3) is 10.9 Å². The van der Waals surface area contributed by atoms with E-state index in [1.165, 1.54) is 0 Å². The zero-order valence-corrected chi connectivity index (χ0v) is 14.2. The van der Waals surface area contributed by atoms with Crippen molar-refractivity contribution < 1.29 is 14.3 Å². The molecule has 2 N–H and O–H groups in total. The first-order valence-corrected chi connectivity index (χ1v) is 8.34. The van der Waals surface area contributed by atoms with Crippen LogP contribution in [0, 0.1) is 5.92 Å². The molecule has 0 saturated carbocycles. The van der Waals surface area contributed by atoms with E-state index >= 15 is 0 Å². The molecule has 4 rings (SSSR count). The fourth-order valence-corrected chi connectivity index (χ4v) is 3.23. The smallest absolute Gasteiger partial charge is 0.229 e. The molecule has 1 aliphatic rings. The van der Waals surface area contributed by atoms with Gasteiger partial charge in [-0.05, 0) is 24.3 Å². The Hall–Kier alpha value is -3.35. The van der Waals surface area contributed by atoms with Crippen LogP contribution in [0.3, 0.4) is 0 Å². The van der Waals surface area contributed by atoms with Gasteiger partial charge in [0.15, 0.2) is 5.82 Å². The zero-order chi connectivity index (χ0) is 18.1. The molecule has 3 aromatic rings. The monoisotopic (exact) mass is 350 g/mol. The standard InChI is InChI=1S/C19H18N4O3/c1-26-16-9-5-4-8-15(16)20-19(25)12-10-17(24)23(11-12)18-13-6-2-3-7-14(13)21-22-18/h2-9,12H,10-11H2,1H3,(H,20,25)(H,21,22)/t12-/m1/s1. The number of hydrogen-bond donors (Lipinski definition) is 2. The number of nitrogens with one attached hydrogen (secondary N) is 2. The lowest BCUT2D eigenvalue weighted by Crippen LogP contribution is -2.28. The van der Waals surface area contributed by atoms with Gasteiger partial charge in [-0.2, -0.15) is 5.10 Å². The van der Waals surface area contributed by atoms with E-state index in [1.807, 2.05) is 36.4 Å². The number of methoxy groups -OCH3 is 1. The molecule has 0 aliphatic carbocycles. The number of H-pyrrole nitrogens is 1. The molecule has 7 nitrogen and oxygen atoms in total. The number of aromatic amines is 1. The second-order valence-electron chi connectivity index (χ2n) is 6.19. The van der Waals surface area contributed by atoms with Crippen molar-refractivity contribution >= 4 is 34.2 Å². The van der Waals surface area contributed by atoms with E-state index in [-0.39, 0.29) is 18.2 Å². The van der Waals surface area contributed by atoms with Gasteiger partial charge < -0.3 is 10.1 Å². The van der Waals surface area contributed by atoms with Crippen LogP contribution in [0.1, 0.15) is 6.42 Å². The third-order valence-electron chi connectivity index (χ3n) is 4.57. The summed E-state index contributed by atoms with van der Waals surface area (Å²) in [6.07, 6.45) is 0.155.